The van der Waals surface area contributed by atoms with Gasteiger partial charge < -0.3 is 19.6 Å². The Kier molecular flexibility index (Phi) is 7.71. The number of benzene rings is 2. The standard InChI is InChI=1S/C32H38N5/c1-4-34(5-2)29-6-8-30(9-7-29)35-18-14-27(15-19-35)26-28-16-20-36(21-17-28)31-10-12-32(13-11-31)37-24-22-33(3)23-25-37/h6-21,26H,4-5,22-25H2,1-3H3/q+1. The number of nitrogens with zero attached hydrogens (tertiary/aromatic N) is 5. The van der Waals surface area contributed by atoms with E-state index in [1.165, 1.54) is 33.9 Å². The Balaban J connectivity index is 1.20. The topological polar surface area (TPSA) is 16.8 Å². The van der Waals surface area contributed by atoms with Crippen LogP contribution in [-0.4, -0.2) is 51.2 Å². The van der Waals surface area contributed by atoms with Gasteiger partial charge in [0.25, 0.3) is 0 Å². The average molecular weight is 493 g/mol. The van der Waals surface area contributed by atoms with Crippen molar-refractivity contribution in [2.75, 3.05) is 61.0 Å². The Labute approximate surface area is 221 Å². The van der Waals surface area contributed by atoms with Crippen LogP contribution in [0.15, 0.2) is 103 Å². The van der Waals surface area contributed by atoms with Crippen LogP contribution < -0.4 is 19.3 Å². The van der Waals surface area contributed by atoms with Gasteiger partial charge in [0.1, 0.15) is 0 Å². The highest BCUT2D eigenvalue weighted by molar-refractivity contribution is 5.65. The van der Waals surface area contributed by atoms with E-state index in [0.29, 0.717) is 0 Å². The molecule has 0 atom stereocenters. The fourth-order valence-corrected chi connectivity index (χ4v) is 4.93. The second-order valence-corrected chi connectivity index (χ2v) is 9.72. The number of rotatable bonds is 7. The lowest BCUT2D eigenvalue weighted by atomic mass is 10.1. The van der Waals surface area contributed by atoms with Gasteiger partial charge in [-0.25, -0.2) is 0 Å². The minimum atomic E-state index is 1.02. The lowest BCUT2D eigenvalue weighted by molar-refractivity contribution is -0.595. The number of piperazine rings is 1. The Morgan fingerprint density at radius 2 is 1.35 bits per heavy atom. The van der Waals surface area contributed by atoms with Gasteiger partial charge in [-0.15, -0.1) is 0 Å². The molecule has 1 aromatic heterocycles. The van der Waals surface area contributed by atoms with Crippen molar-refractivity contribution in [3.63, 3.8) is 0 Å². The third-order valence-electron chi connectivity index (χ3n) is 7.34. The van der Waals surface area contributed by atoms with Crippen LogP contribution in [0.3, 0.4) is 0 Å². The smallest absolute Gasteiger partial charge is 0.210 e. The molecule has 2 aliphatic rings. The van der Waals surface area contributed by atoms with E-state index in [2.05, 4.69) is 149 Å². The predicted octanol–water partition coefficient (Wildman–Crippen LogP) is 5.49. The van der Waals surface area contributed by atoms with E-state index in [1.807, 2.05) is 0 Å². The van der Waals surface area contributed by atoms with Crippen LogP contribution >= 0.6 is 0 Å². The number of allylic oxidation sites excluding steroid dienone is 3. The van der Waals surface area contributed by atoms with Gasteiger partial charge in [-0.2, -0.15) is 4.57 Å². The van der Waals surface area contributed by atoms with E-state index < -0.39 is 0 Å². The quantitative estimate of drug-likeness (QED) is 0.405. The van der Waals surface area contributed by atoms with Gasteiger partial charge in [-0.1, -0.05) is 0 Å². The van der Waals surface area contributed by atoms with Gasteiger partial charge in [-0.3, -0.25) is 0 Å². The molecule has 0 unspecified atom stereocenters. The third kappa shape index (κ3) is 5.95. The summed E-state index contributed by atoms with van der Waals surface area (Å²) < 4.78 is 2.16. The van der Waals surface area contributed by atoms with Crippen molar-refractivity contribution in [1.29, 1.82) is 0 Å². The third-order valence-corrected chi connectivity index (χ3v) is 7.34. The summed E-state index contributed by atoms with van der Waals surface area (Å²) in [5.74, 6) is 0. The summed E-state index contributed by atoms with van der Waals surface area (Å²) in [6.45, 7) is 10.9. The highest BCUT2D eigenvalue weighted by Crippen LogP contribution is 2.25. The largest absolute Gasteiger partial charge is 0.372 e. The van der Waals surface area contributed by atoms with Crippen molar-refractivity contribution in [1.82, 2.24) is 4.90 Å². The molecule has 5 nitrogen and oxygen atoms in total. The first-order chi connectivity index (χ1) is 18.1. The Morgan fingerprint density at radius 1 is 0.757 bits per heavy atom. The van der Waals surface area contributed by atoms with Gasteiger partial charge in [0.15, 0.2) is 12.4 Å². The maximum absolute atomic E-state index is 2.47. The number of pyridine rings is 1. The molecule has 5 rings (SSSR count). The summed E-state index contributed by atoms with van der Waals surface area (Å²) in [5, 5.41) is 0. The summed E-state index contributed by atoms with van der Waals surface area (Å²) in [5.41, 5.74) is 7.30. The van der Waals surface area contributed by atoms with Crippen molar-refractivity contribution >= 4 is 23.1 Å². The number of hydrogen-bond acceptors (Lipinski definition) is 4. The normalized spacial score (nSPS) is 15.8. The first kappa shape index (κ1) is 24.8. The lowest BCUT2D eigenvalue weighted by Crippen LogP contribution is -2.44. The number of likely N-dealkylation sites (N-methyl/N-ethyl adjacent to an activating group) is 1. The van der Waals surface area contributed by atoms with Crippen molar-refractivity contribution in [3.8, 4) is 5.69 Å². The second-order valence-electron chi connectivity index (χ2n) is 9.72. The molecule has 0 N–H and O–H groups in total. The first-order valence-electron chi connectivity index (χ1n) is 13.4. The summed E-state index contributed by atoms with van der Waals surface area (Å²) in [4.78, 5) is 9.39. The molecule has 0 aliphatic carbocycles. The minimum Gasteiger partial charge on any atom is -0.372 e. The van der Waals surface area contributed by atoms with E-state index in [9.17, 15) is 0 Å². The van der Waals surface area contributed by atoms with E-state index in [1.54, 1.807) is 0 Å². The molecule has 0 spiro atoms. The zero-order valence-electron chi connectivity index (χ0n) is 22.3. The molecule has 2 aliphatic heterocycles. The van der Waals surface area contributed by atoms with Crippen LogP contribution in [0.2, 0.25) is 0 Å². The van der Waals surface area contributed by atoms with Gasteiger partial charge in [0, 0.05) is 93.0 Å². The number of aromatic nitrogens is 1. The summed E-state index contributed by atoms with van der Waals surface area (Å²) in [6.07, 6.45) is 15.1. The number of anilines is 3. The Bertz CT molecular complexity index is 1230. The van der Waals surface area contributed by atoms with Crippen LogP contribution in [0.1, 0.15) is 19.4 Å². The zero-order chi connectivity index (χ0) is 25.6. The molecular formula is C32H38N5+. The first-order valence-corrected chi connectivity index (χ1v) is 13.4. The molecule has 0 amide bonds. The monoisotopic (exact) mass is 492 g/mol. The van der Waals surface area contributed by atoms with Crippen LogP contribution in [0.5, 0.6) is 0 Å². The second kappa shape index (κ2) is 11.5. The predicted molar refractivity (Wildman–Crippen MR) is 156 cm³/mol. The molecule has 190 valence electrons. The molecule has 37 heavy (non-hydrogen) atoms. The highest BCUT2D eigenvalue weighted by Gasteiger charge is 2.14. The van der Waals surface area contributed by atoms with Gasteiger partial charge >= 0.3 is 0 Å². The minimum absolute atomic E-state index is 1.02. The Hall–Kier alpha value is -3.83. The summed E-state index contributed by atoms with van der Waals surface area (Å²) >= 11 is 0. The van der Waals surface area contributed by atoms with Crippen molar-refractivity contribution < 1.29 is 4.57 Å². The van der Waals surface area contributed by atoms with Gasteiger partial charge in [0.2, 0.25) is 5.69 Å². The average Bonchev–Trinajstić information content (AvgIpc) is 2.96. The molecule has 0 saturated carbocycles. The van der Waals surface area contributed by atoms with Gasteiger partial charge in [-0.05, 0) is 86.7 Å². The highest BCUT2D eigenvalue weighted by atomic mass is 15.2. The molecule has 5 heteroatoms. The lowest BCUT2D eigenvalue weighted by Gasteiger charge is -2.34. The van der Waals surface area contributed by atoms with E-state index >= 15 is 0 Å². The summed E-state index contributed by atoms with van der Waals surface area (Å²) in [7, 11) is 2.19. The molecule has 1 fully saturated rings. The SMILES string of the molecule is CCN(CC)c1ccc(-[n+]2ccc(C=C3C=CN(c4ccc(N5CCN(C)CC5)cc4)C=C3)cc2)cc1. The van der Waals surface area contributed by atoms with Crippen LogP contribution in [0, 0.1) is 0 Å². The van der Waals surface area contributed by atoms with E-state index in [-0.39, 0.29) is 0 Å². The zero-order valence-corrected chi connectivity index (χ0v) is 22.3. The molecule has 2 aromatic carbocycles. The fourth-order valence-electron chi connectivity index (χ4n) is 4.93. The van der Waals surface area contributed by atoms with Crippen molar-refractivity contribution in [2.45, 2.75) is 13.8 Å². The molecule has 1 saturated heterocycles. The number of hydrogen-bond donors (Lipinski definition) is 0. The maximum Gasteiger partial charge on any atom is 0.210 e. The van der Waals surface area contributed by atoms with E-state index in [4.69, 9.17) is 0 Å². The maximum atomic E-state index is 2.47. The Morgan fingerprint density at radius 3 is 1.95 bits per heavy atom. The fraction of sp³-hybridized carbons (Fsp3) is 0.281. The van der Waals surface area contributed by atoms with Crippen molar-refractivity contribution in [2.24, 2.45) is 0 Å². The van der Waals surface area contributed by atoms with Gasteiger partial charge in [0.05, 0.1) is 0 Å². The molecule has 0 bridgehead atoms. The molecular weight excluding hydrogens is 454 g/mol. The van der Waals surface area contributed by atoms with E-state index in [0.717, 1.165) is 39.3 Å². The van der Waals surface area contributed by atoms with Crippen LogP contribution in [0.25, 0.3) is 11.8 Å². The molecule has 3 aromatic rings. The van der Waals surface area contributed by atoms with Crippen LogP contribution in [-0.2, 0) is 0 Å². The molecule has 3 heterocycles. The van der Waals surface area contributed by atoms with Crippen LogP contribution in [0.4, 0.5) is 17.1 Å². The summed E-state index contributed by atoms with van der Waals surface area (Å²) in [6, 6.07) is 22.0. The van der Waals surface area contributed by atoms with Crippen molar-refractivity contribution in [3.05, 3.63) is 109 Å². The molecule has 0 radical (unpaired) electrons.